The Morgan fingerprint density at radius 3 is 2.83 bits per heavy atom. The Morgan fingerprint density at radius 2 is 2.04 bits per heavy atom. The highest BCUT2D eigenvalue weighted by Crippen LogP contribution is 2.34. The minimum Gasteiger partial charge on any atom is -0.478 e. The van der Waals surface area contributed by atoms with E-state index in [4.69, 9.17) is 35.5 Å². The number of imidazole rings is 1. The maximum absolute atomic E-state index is 11.7. The lowest BCUT2D eigenvalue weighted by atomic mass is 9.86. The highest BCUT2D eigenvalue weighted by molar-refractivity contribution is 6.29. The number of ether oxygens (including phenoxy) is 2. The molecule has 0 amide bonds. The monoisotopic (exact) mass is 636 g/mol. The van der Waals surface area contributed by atoms with Gasteiger partial charge in [-0.2, -0.15) is 5.26 Å². The zero-order valence-electron chi connectivity index (χ0n) is 25.2. The first-order valence-electron chi connectivity index (χ1n) is 15.7. The quantitative estimate of drug-likeness (QED) is 0.173. The number of nitriles is 1. The van der Waals surface area contributed by atoms with E-state index in [1.165, 1.54) is 5.57 Å². The molecule has 9 nitrogen and oxygen atoms in total. The number of pyridine rings is 1. The minimum absolute atomic E-state index is 0.108. The van der Waals surface area contributed by atoms with Crippen LogP contribution in [0.2, 0.25) is 5.22 Å². The van der Waals surface area contributed by atoms with Gasteiger partial charge in [-0.05, 0) is 91.9 Å². The second-order valence-corrected chi connectivity index (χ2v) is 12.4. The molecular formula is C36H33ClN4O5. The van der Waals surface area contributed by atoms with Crippen LogP contribution in [0.25, 0.3) is 27.6 Å². The molecule has 2 aromatic carbocycles. The van der Waals surface area contributed by atoms with Crippen molar-refractivity contribution in [3.63, 3.8) is 0 Å². The molecule has 2 aliphatic rings. The Balaban J connectivity index is 1.05. The fourth-order valence-electron chi connectivity index (χ4n) is 6.57. The number of hydrogen-bond donors (Lipinski definition) is 1. The smallest absolute Gasteiger partial charge is 0.335 e. The zero-order valence-corrected chi connectivity index (χ0v) is 26.0. The Hall–Kier alpha value is -4.65. The SMILES string of the molecule is N#Cc1ccc(COc2cccc(C3=CCC(Cc4nc5ccc(C(=O)O)cc5n4C[C@@H]4CCCCO4)CC3)n2)c2oc(Cl)cc12. The summed E-state index contributed by atoms with van der Waals surface area (Å²) in [5.74, 6) is 0.961. The Labute approximate surface area is 271 Å². The summed E-state index contributed by atoms with van der Waals surface area (Å²) in [6.45, 7) is 1.67. The number of furan rings is 1. The van der Waals surface area contributed by atoms with E-state index < -0.39 is 5.97 Å². The second-order valence-electron chi connectivity index (χ2n) is 12.0. The summed E-state index contributed by atoms with van der Waals surface area (Å²) in [6.07, 6.45) is 9.18. The number of aromatic carboxylic acids is 1. The number of carboxylic acids is 1. The maximum Gasteiger partial charge on any atom is 0.335 e. The summed E-state index contributed by atoms with van der Waals surface area (Å²) < 4.78 is 20.0. The van der Waals surface area contributed by atoms with E-state index in [1.54, 1.807) is 24.3 Å². The van der Waals surface area contributed by atoms with Crippen LogP contribution in [0.3, 0.4) is 0 Å². The molecule has 1 fully saturated rings. The summed E-state index contributed by atoms with van der Waals surface area (Å²) >= 11 is 6.08. The lowest BCUT2D eigenvalue weighted by Crippen LogP contribution is -2.26. The van der Waals surface area contributed by atoms with Crippen LogP contribution in [-0.2, 0) is 24.3 Å². The molecule has 5 aromatic rings. The number of nitrogens with zero attached hydrogens (tertiary/aromatic N) is 4. The van der Waals surface area contributed by atoms with E-state index in [9.17, 15) is 15.2 Å². The Morgan fingerprint density at radius 1 is 1.13 bits per heavy atom. The summed E-state index contributed by atoms with van der Waals surface area (Å²) in [4.78, 5) is 21.5. The zero-order chi connectivity index (χ0) is 31.6. The molecule has 0 radical (unpaired) electrons. The first-order valence-corrected chi connectivity index (χ1v) is 16.1. The van der Waals surface area contributed by atoms with Crippen molar-refractivity contribution in [3.8, 4) is 11.9 Å². The first kappa shape index (κ1) is 30.0. The van der Waals surface area contributed by atoms with Gasteiger partial charge >= 0.3 is 5.97 Å². The molecule has 0 bridgehead atoms. The van der Waals surface area contributed by atoms with Gasteiger partial charge in [0.25, 0.3) is 0 Å². The third-order valence-electron chi connectivity index (χ3n) is 9.01. The lowest BCUT2D eigenvalue weighted by molar-refractivity contribution is 0.00610. The van der Waals surface area contributed by atoms with Crippen LogP contribution in [0.15, 0.2) is 65.1 Å². The van der Waals surface area contributed by atoms with Crippen molar-refractivity contribution in [1.82, 2.24) is 14.5 Å². The van der Waals surface area contributed by atoms with Gasteiger partial charge in [-0.25, -0.2) is 14.8 Å². The molecule has 1 aliphatic carbocycles. The summed E-state index contributed by atoms with van der Waals surface area (Å²) in [5.41, 5.74) is 5.86. The maximum atomic E-state index is 11.7. The number of rotatable bonds is 9. The molecule has 0 spiro atoms. The van der Waals surface area contributed by atoms with Gasteiger partial charge in [-0.1, -0.05) is 18.2 Å². The Bertz CT molecular complexity index is 2000. The number of halogens is 1. The molecule has 1 saturated heterocycles. The van der Waals surface area contributed by atoms with Crippen LogP contribution in [-0.4, -0.2) is 38.3 Å². The number of allylic oxidation sites excluding steroid dienone is 2. The molecule has 10 heteroatoms. The van der Waals surface area contributed by atoms with Crippen molar-refractivity contribution in [3.05, 3.63) is 94.1 Å². The van der Waals surface area contributed by atoms with E-state index in [1.807, 2.05) is 30.3 Å². The van der Waals surface area contributed by atoms with Crippen molar-refractivity contribution >= 4 is 45.1 Å². The van der Waals surface area contributed by atoms with Gasteiger partial charge < -0.3 is 23.6 Å². The standard InChI is InChI=1S/C36H33ClN4O5/c37-32-18-28-25(19-38)11-12-26(35(28)46-32)21-45-34-6-3-5-29(40-34)23-9-7-22(8-10-23)16-33-39-30-14-13-24(36(42)43)17-31(30)41(33)20-27-4-1-2-15-44-27/h3,5-6,9,11-14,17-18,22,27H,1-2,4,7-8,10,15-16,20-21H2,(H,42,43)/t22?,27-/m0/s1. The third kappa shape index (κ3) is 6.23. The Kier molecular flexibility index (Phi) is 8.48. The highest BCUT2D eigenvalue weighted by atomic mass is 35.5. The number of hydrogen-bond acceptors (Lipinski definition) is 7. The molecule has 46 heavy (non-hydrogen) atoms. The van der Waals surface area contributed by atoms with Gasteiger partial charge in [0.15, 0.2) is 5.22 Å². The lowest BCUT2D eigenvalue weighted by Gasteiger charge is -2.25. The molecular weight excluding hydrogens is 604 g/mol. The predicted molar refractivity (Wildman–Crippen MR) is 174 cm³/mol. The average molecular weight is 637 g/mol. The summed E-state index contributed by atoms with van der Waals surface area (Å²) in [6, 6.07) is 18.3. The predicted octanol–water partition coefficient (Wildman–Crippen LogP) is 7.98. The molecule has 4 heterocycles. The van der Waals surface area contributed by atoms with Crippen molar-refractivity contribution in [2.75, 3.05) is 6.61 Å². The van der Waals surface area contributed by atoms with Crippen molar-refractivity contribution in [2.45, 2.75) is 64.2 Å². The molecule has 7 rings (SSSR count). The largest absolute Gasteiger partial charge is 0.478 e. The van der Waals surface area contributed by atoms with Crippen molar-refractivity contribution in [1.29, 1.82) is 5.26 Å². The van der Waals surface area contributed by atoms with E-state index in [0.29, 0.717) is 34.9 Å². The van der Waals surface area contributed by atoms with Gasteiger partial charge in [0.2, 0.25) is 5.88 Å². The van der Waals surface area contributed by atoms with Crippen molar-refractivity contribution < 1.29 is 23.8 Å². The third-order valence-corrected chi connectivity index (χ3v) is 9.20. The van der Waals surface area contributed by atoms with E-state index in [0.717, 1.165) is 79.7 Å². The number of aromatic nitrogens is 3. The number of carboxylic acid groups (broad SMARTS) is 1. The minimum atomic E-state index is -0.938. The molecule has 2 atom stereocenters. The van der Waals surface area contributed by atoms with Crippen LogP contribution in [0.5, 0.6) is 5.88 Å². The van der Waals surface area contributed by atoms with Gasteiger partial charge in [0, 0.05) is 36.1 Å². The number of benzene rings is 2. The number of fused-ring (bicyclic) bond motifs is 2. The van der Waals surface area contributed by atoms with E-state index >= 15 is 0 Å². The first-order chi connectivity index (χ1) is 22.4. The summed E-state index contributed by atoms with van der Waals surface area (Å²) in [5, 5.41) is 19.9. The van der Waals surface area contributed by atoms with Crippen molar-refractivity contribution in [2.24, 2.45) is 5.92 Å². The molecule has 1 N–H and O–H groups in total. The summed E-state index contributed by atoms with van der Waals surface area (Å²) in [7, 11) is 0. The molecule has 1 unspecified atom stereocenters. The molecule has 234 valence electrons. The second kappa shape index (κ2) is 13.0. The van der Waals surface area contributed by atoms with E-state index in [-0.39, 0.29) is 23.5 Å². The van der Waals surface area contributed by atoms with Crippen LogP contribution >= 0.6 is 11.6 Å². The number of carbonyl (C=O) groups is 1. The van der Waals surface area contributed by atoms with Gasteiger partial charge in [0.05, 0.1) is 46.6 Å². The van der Waals surface area contributed by atoms with Crippen LogP contribution in [0.1, 0.15) is 71.5 Å². The van der Waals surface area contributed by atoms with Crippen LogP contribution in [0.4, 0.5) is 0 Å². The fourth-order valence-corrected chi connectivity index (χ4v) is 6.76. The normalized spacial score (nSPS) is 18.4. The van der Waals surface area contributed by atoms with Gasteiger partial charge in [0.1, 0.15) is 18.0 Å². The molecule has 3 aromatic heterocycles. The molecule has 0 saturated carbocycles. The van der Waals surface area contributed by atoms with Gasteiger partial charge in [-0.15, -0.1) is 0 Å². The van der Waals surface area contributed by atoms with Crippen LogP contribution in [0, 0.1) is 17.2 Å². The van der Waals surface area contributed by atoms with Gasteiger partial charge in [-0.3, -0.25) is 0 Å². The fraction of sp³-hybridized carbons (Fsp3) is 0.333. The van der Waals surface area contributed by atoms with Crippen LogP contribution < -0.4 is 4.74 Å². The topological polar surface area (TPSA) is 123 Å². The van der Waals surface area contributed by atoms with E-state index in [2.05, 4.69) is 16.7 Å². The molecule has 1 aliphatic heterocycles. The highest BCUT2D eigenvalue weighted by Gasteiger charge is 2.24. The average Bonchev–Trinajstić information content (AvgIpc) is 3.64.